The van der Waals surface area contributed by atoms with E-state index in [2.05, 4.69) is 34.2 Å². The van der Waals surface area contributed by atoms with Crippen molar-refractivity contribution in [1.29, 1.82) is 0 Å². The van der Waals surface area contributed by atoms with Gasteiger partial charge in [0, 0.05) is 13.0 Å². The van der Waals surface area contributed by atoms with Crippen LogP contribution < -0.4 is 5.32 Å². The van der Waals surface area contributed by atoms with Gasteiger partial charge in [-0.1, -0.05) is 31.8 Å². The standard InChI is InChI=1S/C14H26N4O/c1-3-18(4-2)11-9-13-16-14(19-17-13)12-8-6-5-7-10-15-12/h12,15H,3-11H2,1-2H3. The lowest BCUT2D eigenvalue weighted by Gasteiger charge is -2.16. The molecule has 2 heterocycles. The SMILES string of the molecule is CCN(CC)CCc1noc(C2CCCCCN2)n1. The zero-order valence-corrected chi connectivity index (χ0v) is 12.2. The minimum Gasteiger partial charge on any atom is -0.338 e. The number of hydrogen-bond donors (Lipinski definition) is 1. The van der Waals surface area contributed by atoms with Gasteiger partial charge < -0.3 is 14.7 Å². The van der Waals surface area contributed by atoms with Gasteiger partial charge in [-0.2, -0.15) is 4.98 Å². The van der Waals surface area contributed by atoms with Crippen LogP contribution in [0.1, 0.15) is 57.3 Å². The van der Waals surface area contributed by atoms with E-state index in [-0.39, 0.29) is 6.04 Å². The number of aromatic nitrogens is 2. The van der Waals surface area contributed by atoms with E-state index in [1.807, 2.05) is 0 Å². The van der Waals surface area contributed by atoms with Crippen LogP contribution >= 0.6 is 0 Å². The fraction of sp³-hybridized carbons (Fsp3) is 0.857. The van der Waals surface area contributed by atoms with Crippen LogP contribution in [0.4, 0.5) is 0 Å². The molecule has 0 aliphatic carbocycles. The second-order valence-corrected chi connectivity index (χ2v) is 5.18. The lowest BCUT2D eigenvalue weighted by Crippen LogP contribution is -2.25. The summed E-state index contributed by atoms with van der Waals surface area (Å²) in [7, 11) is 0. The van der Waals surface area contributed by atoms with Crippen molar-refractivity contribution in [2.75, 3.05) is 26.2 Å². The van der Waals surface area contributed by atoms with Crippen LogP contribution in [-0.2, 0) is 6.42 Å². The lowest BCUT2D eigenvalue weighted by atomic mass is 10.1. The molecule has 1 saturated heterocycles. The van der Waals surface area contributed by atoms with E-state index in [0.717, 1.165) is 50.7 Å². The average Bonchev–Trinajstić information content (AvgIpc) is 2.74. The summed E-state index contributed by atoms with van der Waals surface area (Å²) in [6.45, 7) is 8.57. The minimum absolute atomic E-state index is 0.261. The van der Waals surface area contributed by atoms with Crippen molar-refractivity contribution < 1.29 is 4.52 Å². The highest BCUT2D eigenvalue weighted by Gasteiger charge is 2.20. The molecule has 1 aliphatic heterocycles. The van der Waals surface area contributed by atoms with Crippen LogP contribution in [0.2, 0.25) is 0 Å². The van der Waals surface area contributed by atoms with Gasteiger partial charge in [-0.05, 0) is 32.5 Å². The van der Waals surface area contributed by atoms with Gasteiger partial charge in [-0.25, -0.2) is 0 Å². The molecule has 1 unspecified atom stereocenters. The van der Waals surface area contributed by atoms with E-state index in [9.17, 15) is 0 Å². The summed E-state index contributed by atoms with van der Waals surface area (Å²) >= 11 is 0. The number of likely N-dealkylation sites (N-methyl/N-ethyl adjacent to an activating group) is 1. The summed E-state index contributed by atoms with van der Waals surface area (Å²) in [5.41, 5.74) is 0. The van der Waals surface area contributed by atoms with E-state index in [1.54, 1.807) is 0 Å². The highest BCUT2D eigenvalue weighted by Crippen LogP contribution is 2.21. The maximum Gasteiger partial charge on any atom is 0.243 e. The van der Waals surface area contributed by atoms with Crippen LogP contribution in [0.3, 0.4) is 0 Å². The minimum atomic E-state index is 0.261. The van der Waals surface area contributed by atoms with Gasteiger partial charge in [-0.15, -0.1) is 0 Å². The normalized spacial score (nSPS) is 20.7. The average molecular weight is 266 g/mol. The molecule has 0 aromatic carbocycles. The fourth-order valence-electron chi connectivity index (χ4n) is 2.55. The van der Waals surface area contributed by atoms with E-state index < -0.39 is 0 Å². The van der Waals surface area contributed by atoms with Crippen molar-refractivity contribution in [3.8, 4) is 0 Å². The quantitative estimate of drug-likeness (QED) is 0.855. The second kappa shape index (κ2) is 7.60. The van der Waals surface area contributed by atoms with Crippen molar-refractivity contribution >= 4 is 0 Å². The first-order chi connectivity index (χ1) is 9.33. The Balaban J connectivity index is 1.87. The second-order valence-electron chi connectivity index (χ2n) is 5.18. The topological polar surface area (TPSA) is 54.2 Å². The van der Waals surface area contributed by atoms with Crippen LogP contribution in [0, 0.1) is 0 Å². The molecule has 1 aliphatic rings. The molecule has 0 spiro atoms. The molecule has 1 N–H and O–H groups in total. The zero-order valence-electron chi connectivity index (χ0n) is 12.2. The Morgan fingerprint density at radius 3 is 2.89 bits per heavy atom. The summed E-state index contributed by atoms with van der Waals surface area (Å²) in [5.74, 6) is 1.62. The Bertz CT molecular complexity index is 354. The fourth-order valence-corrected chi connectivity index (χ4v) is 2.55. The van der Waals surface area contributed by atoms with Crippen molar-refractivity contribution in [3.05, 3.63) is 11.7 Å². The number of rotatable bonds is 6. The smallest absolute Gasteiger partial charge is 0.243 e. The first-order valence-electron chi connectivity index (χ1n) is 7.61. The molecule has 0 radical (unpaired) electrons. The number of hydrogen-bond acceptors (Lipinski definition) is 5. The third-order valence-electron chi connectivity index (χ3n) is 3.89. The molecular formula is C14H26N4O. The molecule has 5 nitrogen and oxygen atoms in total. The molecule has 108 valence electrons. The highest BCUT2D eigenvalue weighted by molar-refractivity contribution is 4.94. The first-order valence-corrected chi connectivity index (χ1v) is 7.61. The van der Waals surface area contributed by atoms with Gasteiger partial charge in [0.1, 0.15) is 0 Å². The molecule has 0 bridgehead atoms. The van der Waals surface area contributed by atoms with Crippen molar-refractivity contribution in [2.24, 2.45) is 0 Å². The Hall–Kier alpha value is -0.940. The maximum atomic E-state index is 5.42. The molecule has 1 atom stereocenters. The third-order valence-corrected chi connectivity index (χ3v) is 3.89. The molecule has 1 fully saturated rings. The van der Waals surface area contributed by atoms with Gasteiger partial charge in [0.15, 0.2) is 5.82 Å². The molecule has 19 heavy (non-hydrogen) atoms. The largest absolute Gasteiger partial charge is 0.338 e. The molecular weight excluding hydrogens is 240 g/mol. The van der Waals surface area contributed by atoms with Crippen LogP contribution in [0.5, 0.6) is 0 Å². The van der Waals surface area contributed by atoms with Gasteiger partial charge >= 0.3 is 0 Å². The van der Waals surface area contributed by atoms with Crippen molar-refractivity contribution in [2.45, 2.75) is 52.0 Å². The van der Waals surface area contributed by atoms with E-state index in [0.29, 0.717) is 0 Å². The maximum absolute atomic E-state index is 5.42. The van der Waals surface area contributed by atoms with Crippen LogP contribution in [0.15, 0.2) is 4.52 Å². The van der Waals surface area contributed by atoms with Crippen LogP contribution in [-0.4, -0.2) is 41.2 Å². The Kier molecular flexibility index (Phi) is 5.79. The van der Waals surface area contributed by atoms with Gasteiger partial charge in [0.2, 0.25) is 5.89 Å². The van der Waals surface area contributed by atoms with E-state index in [1.165, 1.54) is 19.3 Å². The number of nitrogens with one attached hydrogen (secondary N) is 1. The summed E-state index contributed by atoms with van der Waals surface area (Å²) in [5, 5.41) is 7.60. The van der Waals surface area contributed by atoms with Gasteiger partial charge in [-0.3, -0.25) is 0 Å². The molecule has 0 saturated carbocycles. The summed E-state index contributed by atoms with van der Waals surface area (Å²) in [6.07, 6.45) is 5.77. The Morgan fingerprint density at radius 1 is 1.26 bits per heavy atom. The first kappa shape index (κ1) is 14.5. The lowest BCUT2D eigenvalue weighted by molar-refractivity contribution is 0.300. The Labute approximate surface area is 115 Å². The Morgan fingerprint density at radius 2 is 2.11 bits per heavy atom. The predicted molar refractivity (Wildman–Crippen MR) is 75.0 cm³/mol. The van der Waals surface area contributed by atoms with Crippen molar-refractivity contribution in [3.63, 3.8) is 0 Å². The summed E-state index contributed by atoms with van der Waals surface area (Å²) < 4.78 is 5.42. The molecule has 0 amide bonds. The molecule has 5 heteroatoms. The molecule has 1 aromatic rings. The van der Waals surface area contributed by atoms with Crippen molar-refractivity contribution in [1.82, 2.24) is 20.4 Å². The van der Waals surface area contributed by atoms with E-state index in [4.69, 9.17) is 4.52 Å². The zero-order chi connectivity index (χ0) is 13.5. The molecule has 1 aromatic heterocycles. The summed E-state index contributed by atoms with van der Waals surface area (Å²) in [4.78, 5) is 6.92. The van der Waals surface area contributed by atoms with E-state index >= 15 is 0 Å². The molecule has 2 rings (SSSR count). The highest BCUT2D eigenvalue weighted by atomic mass is 16.5. The summed E-state index contributed by atoms with van der Waals surface area (Å²) in [6, 6.07) is 0.261. The van der Waals surface area contributed by atoms with Crippen LogP contribution in [0.25, 0.3) is 0 Å². The monoisotopic (exact) mass is 266 g/mol. The van der Waals surface area contributed by atoms with Gasteiger partial charge in [0.25, 0.3) is 0 Å². The van der Waals surface area contributed by atoms with Gasteiger partial charge in [0.05, 0.1) is 6.04 Å². The predicted octanol–water partition coefficient (Wildman–Crippen LogP) is 2.16. The number of nitrogens with zero attached hydrogens (tertiary/aromatic N) is 3. The third kappa shape index (κ3) is 4.28.